The summed E-state index contributed by atoms with van der Waals surface area (Å²) < 4.78 is 0. The van der Waals surface area contributed by atoms with E-state index < -0.39 is 0 Å². The third-order valence-corrected chi connectivity index (χ3v) is 6.71. The van der Waals surface area contributed by atoms with E-state index in [0.29, 0.717) is 6.04 Å². The van der Waals surface area contributed by atoms with Gasteiger partial charge in [0.25, 0.3) is 0 Å². The van der Waals surface area contributed by atoms with Crippen LogP contribution in [0.15, 0.2) is 54.6 Å². The zero-order valence-corrected chi connectivity index (χ0v) is 18.9. The number of nitrogens with zero attached hydrogens (tertiary/aromatic N) is 1. The first-order valence-electron chi connectivity index (χ1n) is 11.8. The summed E-state index contributed by atoms with van der Waals surface area (Å²) >= 11 is 0. The Morgan fingerprint density at radius 2 is 1.77 bits per heavy atom. The molecule has 2 aromatic rings. The SMILES string of the molecule is CN1CCc2ccccc2C1C1CCCCC1.O=CCNC(CO)Cc1ccccc1. The van der Waals surface area contributed by atoms with Crippen LogP contribution in [0.3, 0.4) is 0 Å². The van der Waals surface area contributed by atoms with Gasteiger partial charge >= 0.3 is 0 Å². The Kier molecular flexibility index (Phi) is 9.73. The maximum absolute atomic E-state index is 10.1. The lowest BCUT2D eigenvalue weighted by Crippen LogP contribution is -2.37. The highest BCUT2D eigenvalue weighted by Gasteiger charge is 2.31. The molecule has 31 heavy (non-hydrogen) atoms. The number of rotatable bonds is 7. The molecule has 4 rings (SSSR count). The highest BCUT2D eigenvalue weighted by Crippen LogP contribution is 2.40. The van der Waals surface area contributed by atoms with E-state index >= 15 is 0 Å². The summed E-state index contributed by atoms with van der Waals surface area (Å²) in [6.45, 7) is 1.57. The highest BCUT2D eigenvalue weighted by atomic mass is 16.3. The third-order valence-electron chi connectivity index (χ3n) is 6.71. The van der Waals surface area contributed by atoms with Crippen LogP contribution in [-0.4, -0.2) is 49.1 Å². The standard InChI is InChI=1S/C16H23N.C11H15NO2/c1-17-12-11-13-7-5-6-10-15(13)16(17)14-8-3-2-4-9-14;13-7-6-12-11(9-14)8-10-4-2-1-3-5-10/h5-7,10,14,16H,2-4,8-9,11-12H2,1H3;1-5,7,11-12,14H,6,8-9H2. The van der Waals surface area contributed by atoms with Gasteiger partial charge in [-0.2, -0.15) is 0 Å². The Morgan fingerprint density at radius 1 is 1.06 bits per heavy atom. The quantitative estimate of drug-likeness (QED) is 0.658. The van der Waals surface area contributed by atoms with Gasteiger partial charge in [-0.05, 0) is 55.3 Å². The molecule has 1 saturated carbocycles. The van der Waals surface area contributed by atoms with Crippen LogP contribution < -0.4 is 5.32 Å². The lowest BCUT2D eigenvalue weighted by molar-refractivity contribution is -0.107. The zero-order valence-electron chi connectivity index (χ0n) is 18.9. The third kappa shape index (κ3) is 6.99. The van der Waals surface area contributed by atoms with Crippen molar-refractivity contribution in [1.29, 1.82) is 0 Å². The van der Waals surface area contributed by atoms with Gasteiger partial charge in [-0.15, -0.1) is 0 Å². The van der Waals surface area contributed by atoms with Gasteiger partial charge in [0.15, 0.2) is 0 Å². The van der Waals surface area contributed by atoms with Crippen LogP contribution >= 0.6 is 0 Å². The largest absolute Gasteiger partial charge is 0.395 e. The van der Waals surface area contributed by atoms with E-state index in [0.717, 1.165) is 24.2 Å². The monoisotopic (exact) mass is 422 g/mol. The summed E-state index contributed by atoms with van der Waals surface area (Å²) in [5, 5.41) is 12.0. The summed E-state index contributed by atoms with van der Waals surface area (Å²) in [6, 6.07) is 19.7. The van der Waals surface area contributed by atoms with Gasteiger partial charge in [0.1, 0.15) is 6.29 Å². The maximum Gasteiger partial charge on any atom is 0.133 e. The summed E-state index contributed by atoms with van der Waals surface area (Å²) in [4.78, 5) is 12.7. The number of carbonyl (C=O) groups is 1. The molecule has 0 saturated heterocycles. The van der Waals surface area contributed by atoms with E-state index in [1.165, 1.54) is 45.1 Å². The van der Waals surface area contributed by atoms with Crippen LogP contribution in [0.4, 0.5) is 0 Å². The number of hydrogen-bond donors (Lipinski definition) is 2. The molecule has 2 atom stereocenters. The molecular weight excluding hydrogens is 384 g/mol. The fraction of sp³-hybridized carbons (Fsp3) is 0.519. The second kappa shape index (κ2) is 12.7. The number of aliphatic hydroxyl groups is 1. The Bertz CT molecular complexity index is 774. The van der Waals surface area contributed by atoms with Crippen LogP contribution in [0.5, 0.6) is 0 Å². The Labute approximate surface area is 187 Å². The van der Waals surface area contributed by atoms with Crippen molar-refractivity contribution < 1.29 is 9.90 Å². The Hall–Kier alpha value is -2.01. The van der Waals surface area contributed by atoms with Gasteiger partial charge < -0.3 is 15.2 Å². The maximum atomic E-state index is 10.1. The van der Waals surface area contributed by atoms with Crippen LogP contribution in [0.1, 0.15) is 54.8 Å². The first-order valence-corrected chi connectivity index (χ1v) is 11.8. The van der Waals surface area contributed by atoms with Gasteiger partial charge in [-0.1, -0.05) is 73.9 Å². The molecule has 168 valence electrons. The highest BCUT2D eigenvalue weighted by molar-refractivity contribution is 5.51. The number of likely N-dealkylation sites (N-methyl/N-ethyl adjacent to an activating group) is 1. The fourth-order valence-electron chi connectivity index (χ4n) is 5.10. The van der Waals surface area contributed by atoms with Gasteiger partial charge in [0, 0.05) is 18.6 Å². The average Bonchev–Trinajstić information content (AvgIpc) is 2.83. The van der Waals surface area contributed by atoms with Crippen LogP contribution in [0.25, 0.3) is 0 Å². The smallest absolute Gasteiger partial charge is 0.133 e. The van der Waals surface area contributed by atoms with Crippen molar-refractivity contribution >= 4 is 6.29 Å². The summed E-state index contributed by atoms with van der Waals surface area (Å²) in [5.41, 5.74) is 4.37. The normalized spacial score (nSPS) is 20.3. The fourth-order valence-corrected chi connectivity index (χ4v) is 5.10. The number of carbonyl (C=O) groups excluding carboxylic acids is 1. The van der Waals surface area contributed by atoms with E-state index in [4.69, 9.17) is 5.11 Å². The molecule has 4 heteroatoms. The van der Waals surface area contributed by atoms with E-state index in [1.54, 1.807) is 11.1 Å². The van der Waals surface area contributed by atoms with Crippen molar-refractivity contribution in [3.8, 4) is 0 Å². The lowest BCUT2D eigenvalue weighted by atomic mass is 9.77. The van der Waals surface area contributed by atoms with Gasteiger partial charge in [0.2, 0.25) is 0 Å². The van der Waals surface area contributed by atoms with Crippen LogP contribution in [-0.2, 0) is 17.6 Å². The first kappa shape index (κ1) is 23.6. The predicted octanol–water partition coefficient (Wildman–Crippen LogP) is 4.17. The van der Waals surface area contributed by atoms with Crippen molar-refractivity contribution in [3.63, 3.8) is 0 Å². The molecule has 2 aliphatic rings. The number of benzene rings is 2. The van der Waals surface area contributed by atoms with E-state index in [1.807, 2.05) is 30.3 Å². The van der Waals surface area contributed by atoms with Gasteiger partial charge in [-0.3, -0.25) is 4.90 Å². The Balaban J connectivity index is 0.000000180. The lowest BCUT2D eigenvalue weighted by Gasteiger charge is -2.41. The molecular formula is C27H38N2O2. The van der Waals surface area contributed by atoms with Crippen LogP contribution in [0, 0.1) is 5.92 Å². The average molecular weight is 423 g/mol. The van der Waals surface area contributed by atoms with Crippen molar-refractivity contribution in [2.45, 2.75) is 57.0 Å². The minimum absolute atomic E-state index is 0.0393. The number of hydrogen-bond acceptors (Lipinski definition) is 4. The second-order valence-electron chi connectivity index (χ2n) is 8.92. The van der Waals surface area contributed by atoms with E-state index in [-0.39, 0.29) is 19.2 Å². The topological polar surface area (TPSA) is 52.6 Å². The molecule has 0 aromatic heterocycles. The molecule has 1 heterocycles. The van der Waals surface area contributed by atoms with Crippen molar-refractivity contribution in [2.24, 2.45) is 5.92 Å². The molecule has 2 N–H and O–H groups in total. The van der Waals surface area contributed by atoms with Crippen molar-refractivity contribution in [1.82, 2.24) is 10.2 Å². The number of nitrogens with one attached hydrogen (secondary N) is 1. The molecule has 1 aliphatic carbocycles. The molecule has 2 aromatic carbocycles. The van der Waals surface area contributed by atoms with Crippen molar-refractivity contribution in [3.05, 3.63) is 71.3 Å². The molecule has 0 radical (unpaired) electrons. The first-order chi connectivity index (χ1) is 15.2. The molecule has 4 nitrogen and oxygen atoms in total. The number of fused-ring (bicyclic) bond motifs is 1. The Morgan fingerprint density at radius 3 is 2.48 bits per heavy atom. The minimum atomic E-state index is -0.0393. The molecule has 1 aliphatic heterocycles. The number of aldehydes is 1. The van der Waals surface area contributed by atoms with E-state index in [9.17, 15) is 4.79 Å². The number of aliphatic hydroxyl groups excluding tert-OH is 1. The molecule has 0 amide bonds. The molecule has 1 fully saturated rings. The van der Waals surface area contributed by atoms with Crippen molar-refractivity contribution in [2.75, 3.05) is 26.7 Å². The predicted molar refractivity (Wildman–Crippen MR) is 127 cm³/mol. The summed E-state index contributed by atoms with van der Waals surface area (Å²) in [7, 11) is 2.31. The second-order valence-corrected chi connectivity index (χ2v) is 8.92. The van der Waals surface area contributed by atoms with Gasteiger partial charge in [-0.25, -0.2) is 0 Å². The minimum Gasteiger partial charge on any atom is -0.395 e. The van der Waals surface area contributed by atoms with Crippen LogP contribution in [0.2, 0.25) is 0 Å². The molecule has 2 unspecified atom stereocenters. The zero-order chi connectivity index (χ0) is 21.9. The van der Waals surface area contributed by atoms with E-state index in [2.05, 4.69) is 41.5 Å². The molecule has 0 spiro atoms. The van der Waals surface area contributed by atoms with Gasteiger partial charge in [0.05, 0.1) is 13.2 Å². The summed E-state index contributed by atoms with van der Waals surface area (Å²) in [6.07, 6.45) is 9.98. The summed E-state index contributed by atoms with van der Waals surface area (Å²) in [5.74, 6) is 0.898. The molecule has 0 bridgehead atoms.